The number of hydrogen-bond donors (Lipinski definition) is 0. The summed E-state index contributed by atoms with van der Waals surface area (Å²) in [6, 6.07) is 9.29. The van der Waals surface area contributed by atoms with E-state index in [4.69, 9.17) is 14.2 Å². The van der Waals surface area contributed by atoms with Crippen LogP contribution in [-0.2, 0) is 0 Å². The zero-order valence-electron chi connectivity index (χ0n) is 12.4. The molecule has 0 aliphatic rings. The van der Waals surface area contributed by atoms with Crippen LogP contribution in [0.4, 0.5) is 5.69 Å². The first-order valence-corrected chi connectivity index (χ1v) is 6.61. The maximum Gasteiger partial charge on any atom is 0.213 e. The number of aliphatic imine (C=N–C) groups is 1. The predicted molar refractivity (Wildman–Crippen MR) is 82.2 cm³/mol. The maximum atomic E-state index is 5.48. The molecule has 0 aliphatic heterocycles. The van der Waals surface area contributed by atoms with E-state index in [-0.39, 0.29) is 0 Å². The lowest BCUT2D eigenvalue weighted by Crippen LogP contribution is -1.96. The summed E-state index contributed by atoms with van der Waals surface area (Å²) in [5.74, 6) is 1.98. The predicted octanol–water partition coefficient (Wildman–Crippen LogP) is 3.25. The molecule has 2 rings (SSSR count). The quantitative estimate of drug-likeness (QED) is 0.765. The van der Waals surface area contributed by atoms with Gasteiger partial charge in [0, 0.05) is 12.3 Å². The van der Waals surface area contributed by atoms with Crippen LogP contribution in [0.5, 0.6) is 17.4 Å². The van der Waals surface area contributed by atoms with E-state index in [0.29, 0.717) is 18.2 Å². The molecule has 0 spiro atoms. The molecule has 1 aromatic carbocycles. The summed E-state index contributed by atoms with van der Waals surface area (Å²) in [6.07, 6.45) is 3.41. The minimum atomic E-state index is 0.566. The van der Waals surface area contributed by atoms with Crippen molar-refractivity contribution in [2.45, 2.75) is 6.92 Å². The monoisotopic (exact) mass is 286 g/mol. The number of pyridine rings is 1. The van der Waals surface area contributed by atoms with Crippen LogP contribution in [0.2, 0.25) is 0 Å². The number of ether oxygens (including phenoxy) is 3. The zero-order valence-corrected chi connectivity index (χ0v) is 12.4. The van der Waals surface area contributed by atoms with Gasteiger partial charge in [0.25, 0.3) is 0 Å². The molecule has 0 unspecified atom stereocenters. The molecule has 0 fully saturated rings. The average Bonchev–Trinajstić information content (AvgIpc) is 2.54. The molecule has 0 atom stereocenters. The molecule has 0 saturated carbocycles. The minimum Gasteiger partial charge on any atom is -0.493 e. The Hall–Kier alpha value is -2.56. The molecule has 0 bridgehead atoms. The van der Waals surface area contributed by atoms with Crippen LogP contribution in [0.25, 0.3) is 0 Å². The van der Waals surface area contributed by atoms with Crippen LogP contribution in [0.15, 0.2) is 41.5 Å². The normalized spacial score (nSPS) is 10.6. The highest BCUT2D eigenvalue weighted by Crippen LogP contribution is 2.27. The van der Waals surface area contributed by atoms with E-state index in [2.05, 4.69) is 9.98 Å². The van der Waals surface area contributed by atoms with Gasteiger partial charge in [-0.2, -0.15) is 0 Å². The van der Waals surface area contributed by atoms with Crippen molar-refractivity contribution < 1.29 is 14.2 Å². The van der Waals surface area contributed by atoms with Crippen molar-refractivity contribution in [1.29, 1.82) is 0 Å². The van der Waals surface area contributed by atoms with Crippen molar-refractivity contribution in [2.75, 3.05) is 20.8 Å². The summed E-state index contributed by atoms with van der Waals surface area (Å²) in [5.41, 5.74) is 1.68. The Morgan fingerprint density at radius 3 is 2.57 bits per heavy atom. The lowest BCUT2D eigenvalue weighted by Gasteiger charge is -2.09. The van der Waals surface area contributed by atoms with Crippen molar-refractivity contribution in [3.8, 4) is 17.4 Å². The van der Waals surface area contributed by atoms with Gasteiger partial charge in [-0.3, -0.25) is 4.99 Å². The smallest absolute Gasteiger partial charge is 0.213 e. The van der Waals surface area contributed by atoms with Gasteiger partial charge in [-0.1, -0.05) is 0 Å². The van der Waals surface area contributed by atoms with E-state index >= 15 is 0 Å². The number of benzene rings is 1. The molecule has 5 heteroatoms. The zero-order chi connectivity index (χ0) is 15.1. The van der Waals surface area contributed by atoms with E-state index in [1.54, 1.807) is 32.7 Å². The number of methoxy groups -OCH3 is 2. The van der Waals surface area contributed by atoms with Crippen molar-refractivity contribution in [3.05, 3.63) is 42.1 Å². The summed E-state index contributed by atoms with van der Waals surface area (Å²) >= 11 is 0. The third-order valence-corrected chi connectivity index (χ3v) is 2.78. The second-order valence-corrected chi connectivity index (χ2v) is 4.16. The molecule has 1 heterocycles. The number of aromatic nitrogens is 1. The maximum absolute atomic E-state index is 5.48. The Balaban J connectivity index is 2.16. The topological polar surface area (TPSA) is 52.9 Å². The molecule has 110 valence electrons. The number of nitrogens with zero attached hydrogens (tertiary/aromatic N) is 2. The van der Waals surface area contributed by atoms with Gasteiger partial charge in [0.2, 0.25) is 5.88 Å². The van der Waals surface area contributed by atoms with E-state index in [1.807, 2.05) is 31.2 Å². The molecule has 0 saturated heterocycles. The first kappa shape index (κ1) is 14.8. The van der Waals surface area contributed by atoms with Crippen molar-refractivity contribution >= 4 is 11.9 Å². The third kappa shape index (κ3) is 3.95. The molecule has 1 aromatic heterocycles. The van der Waals surface area contributed by atoms with Crippen molar-refractivity contribution in [2.24, 2.45) is 4.99 Å². The Morgan fingerprint density at radius 1 is 1.10 bits per heavy atom. The summed E-state index contributed by atoms with van der Waals surface area (Å²) in [5, 5.41) is 0. The highest BCUT2D eigenvalue weighted by Gasteiger charge is 2.04. The molecule has 0 aliphatic carbocycles. The van der Waals surface area contributed by atoms with E-state index in [1.165, 1.54) is 0 Å². The highest BCUT2D eigenvalue weighted by atomic mass is 16.5. The largest absolute Gasteiger partial charge is 0.493 e. The van der Waals surface area contributed by atoms with Crippen molar-refractivity contribution in [1.82, 2.24) is 4.98 Å². The molecule has 0 amide bonds. The number of hydrogen-bond acceptors (Lipinski definition) is 5. The Bertz CT molecular complexity index is 609. The van der Waals surface area contributed by atoms with Gasteiger partial charge in [-0.15, -0.1) is 0 Å². The lowest BCUT2D eigenvalue weighted by molar-refractivity contribution is 0.311. The second kappa shape index (κ2) is 7.28. The first-order chi connectivity index (χ1) is 10.3. The van der Waals surface area contributed by atoms with E-state index < -0.39 is 0 Å². The van der Waals surface area contributed by atoms with Crippen LogP contribution in [0, 0.1) is 0 Å². The first-order valence-electron chi connectivity index (χ1n) is 6.61. The van der Waals surface area contributed by atoms with Crippen molar-refractivity contribution in [3.63, 3.8) is 0 Å². The SMILES string of the molecule is CCOc1ccc(C=Nc2ccc(OC)nc2)cc1OC. The minimum absolute atomic E-state index is 0.566. The van der Waals surface area contributed by atoms with Gasteiger partial charge < -0.3 is 14.2 Å². The number of rotatable bonds is 6. The van der Waals surface area contributed by atoms with Crippen LogP contribution in [0.1, 0.15) is 12.5 Å². The van der Waals surface area contributed by atoms with Gasteiger partial charge in [-0.25, -0.2) is 4.98 Å². The standard InChI is InChI=1S/C16H18N2O3/c1-4-21-14-7-5-12(9-15(14)19-2)10-17-13-6-8-16(20-3)18-11-13/h5-11H,4H2,1-3H3. The second-order valence-electron chi connectivity index (χ2n) is 4.16. The molecule has 0 radical (unpaired) electrons. The lowest BCUT2D eigenvalue weighted by atomic mass is 10.2. The summed E-state index contributed by atoms with van der Waals surface area (Å²) < 4.78 is 15.8. The van der Waals surface area contributed by atoms with Gasteiger partial charge >= 0.3 is 0 Å². The van der Waals surface area contributed by atoms with Crippen LogP contribution < -0.4 is 14.2 Å². The molecular weight excluding hydrogens is 268 g/mol. The molecule has 21 heavy (non-hydrogen) atoms. The van der Waals surface area contributed by atoms with E-state index in [9.17, 15) is 0 Å². The van der Waals surface area contributed by atoms with Gasteiger partial charge in [-0.05, 0) is 36.8 Å². The fourth-order valence-electron chi connectivity index (χ4n) is 1.76. The fourth-order valence-corrected chi connectivity index (χ4v) is 1.76. The van der Waals surface area contributed by atoms with Crippen LogP contribution in [0.3, 0.4) is 0 Å². The highest BCUT2D eigenvalue weighted by molar-refractivity contribution is 5.83. The summed E-state index contributed by atoms with van der Waals surface area (Å²) in [4.78, 5) is 8.46. The van der Waals surface area contributed by atoms with Gasteiger partial charge in [0.15, 0.2) is 11.5 Å². The van der Waals surface area contributed by atoms with Crippen LogP contribution in [-0.4, -0.2) is 32.0 Å². The van der Waals surface area contributed by atoms with Gasteiger partial charge in [0.05, 0.1) is 32.7 Å². The van der Waals surface area contributed by atoms with Gasteiger partial charge in [0.1, 0.15) is 0 Å². The van der Waals surface area contributed by atoms with Crippen LogP contribution >= 0.6 is 0 Å². The average molecular weight is 286 g/mol. The Labute approximate surface area is 124 Å². The Morgan fingerprint density at radius 2 is 1.95 bits per heavy atom. The fraction of sp³-hybridized carbons (Fsp3) is 0.250. The third-order valence-electron chi connectivity index (χ3n) is 2.78. The Kier molecular flexibility index (Phi) is 5.15. The molecule has 2 aromatic rings. The summed E-state index contributed by atoms with van der Waals surface area (Å²) in [6.45, 7) is 2.53. The van der Waals surface area contributed by atoms with E-state index in [0.717, 1.165) is 17.0 Å². The molecular formula is C16H18N2O3. The molecule has 5 nitrogen and oxygen atoms in total. The summed E-state index contributed by atoms with van der Waals surface area (Å²) in [7, 11) is 3.20. The molecule has 0 N–H and O–H groups in total.